The highest BCUT2D eigenvalue weighted by Gasteiger charge is 2.08. The molecule has 1 aromatic carbocycles. The molecule has 0 saturated heterocycles. The summed E-state index contributed by atoms with van der Waals surface area (Å²) >= 11 is 6.61. The molecule has 0 amide bonds. The van der Waals surface area contributed by atoms with Crippen molar-refractivity contribution in [1.82, 2.24) is 10.2 Å². The van der Waals surface area contributed by atoms with Crippen LogP contribution in [0.3, 0.4) is 0 Å². The molecule has 0 atom stereocenters. The van der Waals surface area contributed by atoms with E-state index in [9.17, 15) is 0 Å². The van der Waals surface area contributed by atoms with Gasteiger partial charge in [-0.2, -0.15) is 0 Å². The van der Waals surface area contributed by atoms with Gasteiger partial charge in [-0.1, -0.05) is 45.1 Å². The van der Waals surface area contributed by atoms with Crippen LogP contribution < -0.4 is 5.73 Å². The van der Waals surface area contributed by atoms with Gasteiger partial charge in [0.15, 0.2) is 4.34 Å². The first kappa shape index (κ1) is 11.1. The minimum Gasteiger partial charge on any atom is -0.326 e. The SMILES string of the molecule is NCc1c(Br)cccc1Sc1nncs1. The summed E-state index contributed by atoms with van der Waals surface area (Å²) in [7, 11) is 0. The predicted octanol–water partition coefficient (Wildman–Crippen LogP) is 2.91. The number of hydrogen-bond acceptors (Lipinski definition) is 5. The average Bonchev–Trinajstić information content (AvgIpc) is 2.71. The number of aromatic nitrogens is 2. The number of nitrogens with two attached hydrogens (primary N) is 1. The highest BCUT2D eigenvalue weighted by atomic mass is 79.9. The lowest BCUT2D eigenvalue weighted by molar-refractivity contribution is 0.997. The Labute approximate surface area is 104 Å². The molecule has 1 aromatic heterocycles. The van der Waals surface area contributed by atoms with E-state index in [1.54, 1.807) is 17.3 Å². The molecule has 0 unspecified atom stereocenters. The fourth-order valence-electron chi connectivity index (χ4n) is 1.13. The molecule has 78 valence electrons. The number of benzene rings is 1. The van der Waals surface area contributed by atoms with E-state index in [0.717, 1.165) is 19.3 Å². The summed E-state index contributed by atoms with van der Waals surface area (Å²) in [6, 6.07) is 6.03. The maximum Gasteiger partial charge on any atom is 0.178 e. The van der Waals surface area contributed by atoms with E-state index in [4.69, 9.17) is 5.73 Å². The van der Waals surface area contributed by atoms with Gasteiger partial charge in [0.2, 0.25) is 0 Å². The standard InChI is InChI=1S/C9H8BrN3S2/c10-7-2-1-3-8(6(7)4-11)15-9-13-12-5-14-9/h1-3,5H,4,11H2. The van der Waals surface area contributed by atoms with Crippen LogP contribution in [0.15, 0.2) is 37.4 Å². The number of rotatable bonds is 3. The highest BCUT2D eigenvalue weighted by Crippen LogP contribution is 2.34. The van der Waals surface area contributed by atoms with Gasteiger partial charge in [-0.15, -0.1) is 10.2 Å². The van der Waals surface area contributed by atoms with Crippen molar-refractivity contribution < 1.29 is 0 Å². The van der Waals surface area contributed by atoms with Crippen LogP contribution in [0.2, 0.25) is 0 Å². The van der Waals surface area contributed by atoms with Gasteiger partial charge in [-0.3, -0.25) is 0 Å². The maximum atomic E-state index is 5.70. The summed E-state index contributed by atoms with van der Waals surface area (Å²) in [5, 5.41) is 7.79. The second kappa shape index (κ2) is 5.07. The van der Waals surface area contributed by atoms with E-state index in [1.807, 2.05) is 18.2 Å². The van der Waals surface area contributed by atoms with Crippen LogP contribution in [0.5, 0.6) is 0 Å². The Kier molecular flexibility index (Phi) is 3.74. The minimum absolute atomic E-state index is 0.516. The lowest BCUT2D eigenvalue weighted by Crippen LogP contribution is -1.99. The van der Waals surface area contributed by atoms with E-state index in [1.165, 1.54) is 11.3 Å². The molecule has 0 saturated carbocycles. The number of halogens is 1. The predicted molar refractivity (Wildman–Crippen MR) is 66.1 cm³/mol. The van der Waals surface area contributed by atoms with E-state index < -0.39 is 0 Å². The zero-order valence-corrected chi connectivity index (χ0v) is 10.9. The highest BCUT2D eigenvalue weighted by molar-refractivity contribution is 9.10. The molecule has 0 aliphatic heterocycles. The zero-order chi connectivity index (χ0) is 10.7. The molecule has 0 spiro atoms. The van der Waals surface area contributed by atoms with Crippen molar-refractivity contribution in [2.24, 2.45) is 5.73 Å². The number of nitrogens with zero attached hydrogens (tertiary/aromatic N) is 2. The summed E-state index contributed by atoms with van der Waals surface area (Å²) in [6.07, 6.45) is 0. The van der Waals surface area contributed by atoms with Crippen molar-refractivity contribution in [3.63, 3.8) is 0 Å². The van der Waals surface area contributed by atoms with Crippen LogP contribution in [0, 0.1) is 0 Å². The molecule has 2 rings (SSSR count). The minimum atomic E-state index is 0.516. The molecule has 2 N–H and O–H groups in total. The Morgan fingerprint density at radius 1 is 1.47 bits per heavy atom. The molecule has 0 aliphatic rings. The zero-order valence-electron chi connectivity index (χ0n) is 7.68. The van der Waals surface area contributed by atoms with Crippen LogP contribution in [-0.4, -0.2) is 10.2 Å². The third-order valence-electron chi connectivity index (χ3n) is 1.82. The van der Waals surface area contributed by atoms with Crippen LogP contribution >= 0.6 is 39.0 Å². The van der Waals surface area contributed by atoms with Crippen molar-refractivity contribution in [1.29, 1.82) is 0 Å². The first-order chi connectivity index (χ1) is 7.31. The first-order valence-corrected chi connectivity index (χ1v) is 6.71. The summed E-state index contributed by atoms with van der Waals surface area (Å²) in [6.45, 7) is 0.516. The Morgan fingerprint density at radius 3 is 3.00 bits per heavy atom. The fourth-order valence-corrected chi connectivity index (χ4v) is 3.40. The molecule has 3 nitrogen and oxygen atoms in total. The molecule has 0 radical (unpaired) electrons. The van der Waals surface area contributed by atoms with E-state index >= 15 is 0 Å². The second-order valence-electron chi connectivity index (χ2n) is 2.73. The van der Waals surface area contributed by atoms with Gasteiger partial charge >= 0.3 is 0 Å². The van der Waals surface area contributed by atoms with Crippen LogP contribution in [0.1, 0.15) is 5.56 Å². The van der Waals surface area contributed by atoms with Crippen molar-refractivity contribution in [3.05, 3.63) is 33.7 Å². The van der Waals surface area contributed by atoms with Gasteiger partial charge < -0.3 is 5.73 Å². The summed E-state index contributed by atoms with van der Waals surface area (Å²) in [5.41, 5.74) is 8.54. The van der Waals surface area contributed by atoms with Crippen molar-refractivity contribution in [2.45, 2.75) is 15.8 Å². The number of hydrogen-bond donors (Lipinski definition) is 1. The summed E-state index contributed by atoms with van der Waals surface area (Å²) < 4.78 is 1.97. The molecule has 6 heteroatoms. The average molecular weight is 302 g/mol. The van der Waals surface area contributed by atoms with E-state index in [0.29, 0.717) is 6.54 Å². The van der Waals surface area contributed by atoms with E-state index in [-0.39, 0.29) is 0 Å². The smallest absolute Gasteiger partial charge is 0.178 e. The molecule has 0 fully saturated rings. The maximum absolute atomic E-state index is 5.70. The third kappa shape index (κ3) is 2.57. The van der Waals surface area contributed by atoms with Crippen molar-refractivity contribution >= 4 is 39.0 Å². The molecular weight excluding hydrogens is 294 g/mol. The van der Waals surface area contributed by atoms with Crippen LogP contribution in [0.25, 0.3) is 0 Å². The van der Waals surface area contributed by atoms with Gasteiger partial charge in [0, 0.05) is 15.9 Å². The van der Waals surface area contributed by atoms with Crippen molar-refractivity contribution in [2.75, 3.05) is 0 Å². The summed E-state index contributed by atoms with van der Waals surface area (Å²) in [5.74, 6) is 0. The van der Waals surface area contributed by atoms with Crippen LogP contribution in [-0.2, 0) is 6.54 Å². The summed E-state index contributed by atoms with van der Waals surface area (Å²) in [4.78, 5) is 1.13. The molecular formula is C9H8BrN3S2. The van der Waals surface area contributed by atoms with Crippen molar-refractivity contribution in [3.8, 4) is 0 Å². The quantitative estimate of drug-likeness (QED) is 0.947. The lowest BCUT2D eigenvalue weighted by Gasteiger charge is -2.06. The van der Waals surface area contributed by atoms with Gasteiger partial charge in [0.1, 0.15) is 5.51 Å². The normalized spacial score (nSPS) is 10.5. The molecule has 15 heavy (non-hydrogen) atoms. The Bertz CT molecular complexity index is 445. The van der Waals surface area contributed by atoms with Gasteiger partial charge in [0.25, 0.3) is 0 Å². The van der Waals surface area contributed by atoms with Gasteiger partial charge in [0.05, 0.1) is 0 Å². The third-order valence-corrected chi connectivity index (χ3v) is 4.44. The van der Waals surface area contributed by atoms with Crippen LogP contribution in [0.4, 0.5) is 0 Å². The lowest BCUT2D eigenvalue weighted by atomic mass is 10.2. The Balaban J connectivity index is 2.32. The molecule has 1 heterocycles. The van der Waals surface area contributed by atoms with E-state index in [2.05, 4.69) is 26.1 Å². The second-order valence-corrected chi connectivity index (χ2v) is 5.70. The molecule has 0 aliphatic carbocycles. The molecule has 2 aromatic rings. The first-order valence-electron chi connectivity index (χ1n) is 4.22. The molecule has 0 bridgehead atoms. The van der Waals surface area contributed by atoms with Gasteiger partial charge in [-0.25, -0.2) is 0 Å². The van der Waals surface area contributed by atoms with Gasteiger partial charge in [-0.05, 0) is 17.7 Å². The fraction of sp³-hybridized carbons (Fsp3) is 0.111. The topological polar surface area (TPSA) is 51.8 Å². The Morgan fingerprint density at radius 2 is 2.33 bits per heavy atom. The monoisotopic (exact) mass is 301 g/mol. The Hall–Kier alpha value is -0.430. The largest absolute Gasteiger partial charge is 0.326 e.